The van der Waals surface area contributed by atoms with E-state index in [-0.39, 0.29) is 0 Å². The van der Waals surface area contributed by atoms with Crippen molar-refractivity contribution in [3.05, 3.63) is 65.1 Å². The lowest BCUT2D eigenvalue weighted by Gasteiger charge is -2.26. The lowest BCUT2D eigenvalue weighted by molar-refractivity contribution is 0.402. The van der Waals surface area contributed by atoms with E-state index in [0.717, 1.165) is 37.5 Å². The molecule has 3 heteroatoms. The molecule has 3 heterocycles. The minimum Gasteiger partial charge on any atom is -0.343 e. The minimum atomic E-state index is 0.612. The minimum absolute atomic E-state index is 0.612. The van der Waals surface area contributed by atoms with E-state index in [0.29, 0.717) is 6.04 Å². The van der Waals surface area contributed by atoms with Crippen LogP contribution in [-0.2, 0) is 25.9 Å². The molecule has 1 unspecified atom stereocenters. The fourth-order valence-electron chi connectivity index (χ4n) is 4.30. The van der Waals surface area contributed by atoms with Gasteiger partial charge in [-0.15, -0.1) is 0 Å². The van der Waals surface area contributed by atoms with Crippen LogP contribution in [0.15, 0.2) is 42.6 Å². The van der Waals surface area contributed by atoms with Crippen molar-refractivity contribution in [1.29, 1.82) is 0 Å². The lowest BCUT2D eigenvalue weighted by Crippen LogP contribution is -2.36. The van der Waals surface area contributed by atoms with Crippen LogP contribution in [0.3, 0.4) is 0 Å². The Morgan fingerprint density at radius 2 is 2.04 bits per heavy atom. The largest absolute Gasteiger partial charge is 0.343 e. The van der Waals surface area contributed by atoms with Gasteiger partial charge < -0.3 is 9.88 Å². The van der Waals surface area contributed by atoms with Gasteiger partial charge in [0.15, 0.2) is 0 Å². The molecule has 0 spiro atoms. The molecule has 0 radical (unpaired) electrons. The van der Waals surface area contributed by atoms with Crippen molar-refractivity contribution in [2.24, 2.45) is 5.92 Å². The molecule has 0 saturated carbocycles. The zero-order valence-corrected chi connectivity index (χ0v) is 16.8. The number of benzene rings is 1. The summed E-state index contributed by atoms with van der Waals surface area (Å²) in [7, 11) is 0. The standard InChI is InChI=1S/C24H31N3/c1-17(2)8-11-20-14-22-21-6-4-5-7-23(21)27(24(22)16-26-20)13-12-19-10-9-18(3)25-15-19/h4-7,9-10,15,17,20,26H,8,11-14,16H2,1-3H3. The Balaban J connectivity index is 1.59. The summed E-state index contributed by atoms with van der Waals surface area (Å²) >= 11 is 0. The monoisotopic (exact) mass is 361 g/mol. The van der Waals surface area contributed by atoms with E-state index in [4.69, 9.17) is 0 Å². The Bertz CT molecular complexity index is 905. The van der Waals surface area contributed by atoms with E-state index in [9.17, 15) is 0 Å². The molecule has 1 aliphatic heterocycles. The van der Waals surface area contributed by atoms with Crippen LogP contribution < -0.4 is 5.32 Å². The number of hydrogen-bond donors (Lipinski definition) is 1. The van der Waals surface area contributed by atoms with E-state index in [1.807, 2.05) is 13.1 Å². The zero-order chi connectivity index (χ0) is 18.8. The highest BCUT2D eigenvalue weighted by molar-refractivity contribution is 5.86. The Morgan fingerprint density at radius 1 is 1.19 bits per heavy atom. The number of nitrogens with zero attached hydrogens (tertiary/aromatic N) is 2. The molecule has 142 valence electrons. The molecule has 1 aromatic carbocycles. The maximum Gasteiger partial charge on any atom is 0.0485 e. The van der Waals surface area contributed by atoms with Crippen LogP contribution in [-0.4, -0.2) is 15.6 Å². The predicted octanol–water partition coefficient (Wildman–Crippen LogP) is 5.04. The normalized spacial score (nSPS) is 16.8. The SMILES string of the molecule is Cc1ccc(CCn2c3c(c4ccccc42)CC(CCC(C)C)NC3)cn1. The third-order valence-corrected chi connectivity index (χ3v) is 5.89. The molecule has 4 rings (SSSR count). The average Bonchev–Trinajstić information content (AvgIpc) is 2.99. The summed E-state index contributed by atoms with van der Waals surface area (Å²) in [4.78, 5) is 4.45. The number of pyridine rings is 1. The second-order valence-corrected chi connectivity index (χ2v) is 8.41. The van der Waals surface area contributed by atoms with Crippen molar-refractivity contribution in [3.63, 3.8) is 0 Å². The van der Waals surface area contributed by atoms with Crippen LogP contribution in [0.1, 0.15) is 49.2 Å². The first-order valence-electron chi connectivity index (χ1n) is 10.4. The summed E-state index contributed by atoms with van der Waals surface area (Å²) in [6, 6.07) is 13.9. The number of hydrogen-bond acceptors (Lipinski definition) is 2. The molecule has 1 N–H and O–H groups in total. The summed E-state index contributed by atoms with van der Waals surface area (Å²) in [6.45, 7) is 8.68. The average molecular weight is 362 g/mol. The molecule has 0 amide bonds. The van der Waals surface area contributed by atoms with Gasteiger partial charge in [0, 0.05) is 47.6 Å². The van der Waals surface area contributed by atoms with Crippen LogP contribution in [0.5, 0.6) is 0 Å². The van der Waals surface area contributed by atoms with Crippen LogP contribution in [0.4, 0.5) is 0 Å². The third kappa shape index (κ3) is 3.93. The second-order valence-electron chi connectivity index (χ2n) is 8.41. The fraction of sp³-hybridized carbons (Fsp3) is 0.458. The summed E-state index contributed by atoms with van der Waals surface area (Å²) in [6.07, 6.45) is 6.77. The van der Waals surface area contributed by atoms with Crippen molar-refractivity contribution in [1.82, 2.24) is 14.9 Å². The Morgan fingerprint density at radius 3 is 2.81 bits per heavy atom. The topological polar surface area (TPSA) is 29.9 Å². The highest BCUT2D eigenvalue weighted by Gasteiger charge is 2.24. The van der Waals surface area contributed by atoms with Gasteiger partial charge in [-0.25, -0.2) is 0 Å². The highest BCUT2D eigenvalue weighted by atomic mass is 15.0. The Kier molecular flexibility index (Phi) is 5.31. The van der Waals surface area contributed by atoms with Gasteiger partial charge in [0.2, 0.25) is 0 Å². The van der Waals surface area contributed by atoms with Crippen molar-refractivity contribution in [3.8, 4) is 0 Å². The predicted molar refractivity (Wildman–Crippen MR) is 113 cm³/mol. The van der Waals surface area contributed by atoms with Crippen LogP contribution in [0, 0.1) is 12.8 Å². The zero-order valence-electron chi connectivity index (χ0n) is 16.8. The molecule has 3 aromatic rings. The third-order valence-electron chi connectivity index (χ3n) is 5.89. The number of nitrogens with one attached hydrogen (secondary N) is 1. The van der Waals surface area contributed by atoms with Crippen molar-refractivity contribution >= 4 is 10.9 Å². The number of aryl methyl sites for hydroxylation is 3. The van der Waals surface area contributed by atoms with Gasteiger partial charge in [-0.05, 0) is 61.8 Å². The number of aromatic nitrogens is 2. The Hall–Kier alpha value is -2.13. The van der Waals surface area contributed by atoms with E-state index in [1.165, 1.54) is 35.0 Å². The van der Waals surface area contributed by atoms with E-state index in [1.54, 1.807) is 5.56 Å². The number of rotatable bonds is 6. The molecule has 0 bridgehead atoms. The number of para-hydroxylation sites is 1. The molecule has 1 aliphatic rings. The van der Waals surface area contributed by atoms with Crippen LogP contribution in [0.25, 0.3) is 10.9 Å². The summed E-state index contributed by atoms with van der Waals surface area (Å²) in [5.41, 5.74) is 6.83. The Labute approximate surface area is 162 Å². The highest BCUT2D eigenvalue weighted by Crippen LogP contribution is 2.31. The van der Waals surface area contributed by atoms with E-state index in [2.05, 4.69) is 65.1 Å². The van der Waals surface area contributed by atoms with Crippen molar-refractivity contribution in [2.45, 2.75) is 65.6 Å². The molecule has 0 saturated heterocycles. The summed E-state index contributed by atoms with van der Waals surface area (Å²) < 4.78 is 2.54. The first-order chi connectivity index (χ1) is 13.1. The van der Waals surface area contributed by atoms with Gasteiger partial charge in [0.05, 0.1) is 0 Å². The molecule has 2 aromatic heterocycles. The smallest absolute Gasteiger partial charge is 0.0485 e. The molecular weight excluding hydrogens is 330 g/mol. The van der Waals surface area contributed by atoms with Gasteiger partial charge in [-0.2, -0.15) is 0 Å². The maximum absolute atomic E-state index is 4.45. The molecule has 27 heavy (non-hydrogen) atoms. The second kappa shape index (κ2) is 7.85. The van der Waals surface area contributed by atoms with Crippen LogP contribution >= 0.6 is 0 Å². The maximum atomic E-state index is 4.45. The molecule has 3 nitrogen and oxygen atoms in total. The van der Waals surface area contributed by atoms with Crippen LogP contribution in [0.2, 0.25) is 0 Å². The van der Waals surface area contributed by atoms with Gasteiger partial charge in [0.25, 0.3) is 0 Å². The van der Waals surface area contributed by atoms with Crippen molar-refractivity contribution in [2.75, 3.05) is 0 Å². The molecule has 0 fully saturated rings. The lowest BCUT2D eigenvalue weighted by atomic mass is 9.93. The molecular formula is C24H31N3. The van der Waals surface area contributed by atoms with Gasteiger partial charge in [0.1, 0.15) is 0 Å². The van der Waals surface area contributed by atoms with Crippen molar-refractivity contribution < 1.29 is 0 Å². The van der Waals surface area contributed by atoms with E-state index < -0.39 is 0 Å². The number of fused-ring (bicyclic) bond motifs is 3. The van der Waals surface area contributed by atoms with Gasteiger partial charge in [-0.3, -0.25) is 4.98 Å². The van der Waals surface area contributed by atoms with Gasteiger partial charge in [-0.1, -0.05) is 38.1 Å². The fourth-order valence-corrected chi connectivity index (χ4v) is 4.30. The first kappa shape index (κ1) is 18.2. The van der Waals surface area contributed by atoms with E-state index >= 15 is 0 Å². The quantitative estimate of drug-likeness (QED) is 0.667. The first-order valence-corrected chi connectivity index (χ1v) is 10.4. The summed E-state index contributed by atoms with van der Waals surface area (Å²) in [5.74, 6) is 0.776. The van der Waals surface area contributed by atoms with Gasteiger partial charge >= 0.3 is 0 Å². The molecule has 0 aliphatic carbocycles. The summed E-state index contributed by atoms with van der Waals surface area (Å²) in [5, 5.41) is 5.25. The molecule has 1 atom stereocenters.